The van der Waals surface area contributed by atoms with Crippen LogP contribution in [0.5, 0.6) is 0 Å². The fourth-order valence-electron chi connectivity index (χ4n) is 7.80. The summed E-state index contributed by atoms with van der Waals surface area (Å²) in [5.41, 5.74) is 10.1. The van der Waals surface area contributed by atoms with Crippen molar-refractivity contribution < 1.29 is 0 Å². The SMILES string of the molecule is CS(C)(C)c1ccc2c(-c3cccc(-c4cccc5ccccc45)c3)c3ccccc3c(-c3cccc(-c4cccc5ccccc45)c3)c2c1. The molecule has 0 aliphatic rings. The van der Waals surface area contributed by atoms with E-state index in [1.54, 1.807) is 0 Å². The van der Waals surface area contributed by atoms with Gasteiger partial charge in [-0.2, -0.15) is 0 Å². The van der Waals surface area contributed by atoms with Crippen molar-refractivity contribution in [2.24, 2.45) is 0 Å². The van der Waals surface area contributed by atoms with Gasteiger partial charge in [-0.1, -0.05) is 152 Å². The molecule has 9 rings (SSSR count). The van der Waals surface area contributed by atoms with E-state index in [0.29, 0.717) is 0 Å². The van der Waals surface area contributed by atoms with E-state index in [-0.39, 0.29) is 0 Å². The lowest BCUT2D eigenvalue weighted by atomic mass is 9.84. The third-order valence-corrected chi connectivity index (χ3v) is 11.9. The van der Waals surface area contributed by atoms with Gasteiger partial charge in [-0.05, 0) is 136 Å². The molecule has 0 saturated carbocycles. The first-order chi connectivity index (χ1) is 24.4. The van der Waals surface area contributed by atoms with Crippen LogP contribution in [-0.2, 0) is 0 Å². The Bertz CT molecular complexity index is 2730. The topological polar surface area (TPSA) is 0 Å². The molecule has 9 aromatic rings. The number of benzene rings is 9. The van der Waals surface area contributed by atoms with Gasteiger partial charge in [0.1, 0.15) is 0 Å². The molecule has 240 valence electrons. The van der Waals surface area contributed by atoms with Crippen LogP contribution in [0.2, 0.25) is 0 Å². The quantitative estimate of drug-likeness (QED) is 0.161. The molecule has 0 heterocycles. The summed E-state index contributed by atoms with van der Waals surface area (Å²) in [7, 11) is -0.963. The van der Waals surface area contributed by atoms with Gasteiger partial charge in [-0.25, -0.2) is 10.0 Å². The lowest BCUT2D eigenvalue weighted by Gasteiger charge is -2.27. The van der Waals surface area contributed by atoms with E-state index in [1.165, 1.54) is 92.5 Å². The lowest BCUT2D eigenvalue weighted by Crippen LogP contribution is -1.96. The Hall–Kier alpha value is -5.63. The maximum absolute atomic E-state index is 2.50. The van der Waals surface area contributed by atoms with E-state index in [2.05, 4.69) is 195 Å². The smallest absolute Gasteiger partial charge is 0.00258 e. The second-order valence-electron chi connectivity index (χ2n) is 14.1. The first-order valence-corrected chi connectivity index (χ1v) is 20.1. The van der Waals surface area contributed by atoms with E-state index >= 15 is 0 Å². The average Bonchev–Trinajstić information content (AvgIpc) is 3.16. The highest BCUT2D eigenvalue weighted by atomic mass is 32.3. The summed E-state index contributed by atoms with van der Waals surface area (Å²) < 4.78 is 0. The Morgan fingerprint density at radius 2 is 0.700 bits per heavy atom. The van der Waals surface area contributed by atoms with Crippen molar-refractivity contribution in [3.8, 4) is 44.5 Å². The van der Waals surface area contributed by atoms with Crippen LogP contribution in [0.15, 0.2) is 181 Å². The van der Waals surface area contributed by atoms with E-state index in [1.807, 2.05) is 0 Å². The van der Waals surface area contributed by atoms with Crippen LogP contribution in [0.4, 0.5) is 0 Å². The van der Waals surface area contributed by atoms with Gasteiger partial charge >= 0.3 is 0 Å². The summed E-state index contributed by atoms with van der Waals surface area (Å²) >= 11 is 0. The van der Waals surface area contributed by atoms with Gasteiger partial charge in [0.05, 0.1) is 0 Å². The normalized spacial score (nSPS) is 12.2. The summed E-state index contributed by atoms with van der Waals surface area (Å²) in [5.74, 6) is 0. The molecule has 0 spiro atoms. The van der Waals surface area contributed by atoms with E-state index in [0.717, 1.165) is 0 Å². The number of hydrogen-bond donors (Lipinski definition) is 0. The van der Waals surface area contributed by atoms with Crippen LogP contribution in [0, 0.1) is 0 Å². The van der Waals surface area contributed by atoms with Crippen LogP contribution in [0.3, 0.4) is 0 Å². The van der Waals surface area contributed by atoms with Gasteiger partial charge in [-0.3, -0.25) is 0 Å². The molecule has 9 aromatic carbocycles. The molecule has 0 aliphatic heterocycles. The number of fused-ring (bicyclic) bond motifs is 4. The lowest BCUT2D eigenvalue weighted by molar-refractivity contribution is 1.48. The first kappa shape index (κ1) is 30.4. The predicted molar refractivity (Wildman–Crippen MR) is 222 cm³/mol. The van der Waals surface area contributed by atoms with Crippen LogP contribution < -0.4 is 0 Å². The molecular weight excluding hydrogens is 621 g/mol. The highest BCUT2D eigenvalue weighted by Crippen LogP contribution is 2.50. The number of hydrogen-bond acceptors (Lipinski definition) is 0. The second-order valence-corrected chi connectivity index (χ2v) is 18.2. The molecule has 0 unspecified atom stereocenters. The monoisotopic (exact) mass is 658 g/mol. The van der Waals surface area contributed by atoms with E-state index in [9.17, 15) is 0 Å². The van der Waals surface area contributed by atoms with Gasteiger partial charge < -0.3 is 0 Å². The largest absolute Gasteiger partial charge is 0.223 e. The van der Waals surface area contributed by atoms with Crippen LogP contribution >= 0.6 is 10.0 Å². The Labute approximate surface area is 296 Å². The second kappa shape index (κ2) is 12.1. The predicted octanol–water partition coefficient (Wildman–Crippen LogP) is 14.0. The van der Waals surface area contributed by atoms with E-state index < -0.39 is 10.0 Å². The minimum absolute atomic E-state index is 0.963. The zero-order chi connectivity index (χ0) is 33.8. The Kier molecular flexibility index (Phi) is 7.34. The third-order valence-electron chi connectivity index (χ3n) is 10.2. The maximum Gasteiger partial charge on any atom is -0.00258 e. The van der Waals surface area contributed by atoms with Crippen LogP contribution in [0.1, 0.15) is 0 Å². The summed E-state index contributed by atoms with van der Waals surface area (Å²) in [6, 6.07) is 65.3. The molecule has 0 aliphatic carbocycles. The molecule has 1 heteroatoms. The zero-order valence-corrected chi connectivity index (χ0v) is 29.5. The van der Waals surface area contributed by atoms with Gasteiger partial charge in [0.15, 0.2) is 0 Å². The van der Waals surface area contributed by atoms with Crippen molar-refractivity contribution in [1.29, 1.82) is 0 Å². The standard InChI is InChI=1S/C49H38S/c1-50(2,3)39-28-29-46-47(32-39)49(38-21-11-19-36(31-38)43-27-13-17-34-15-5-7-23-41(34)43)45-25-9-8-24-44(45)48(46)37-20-10-18-35(30-37)42-26-12-16-33-14-4-6-22-40(33)42/h4-32H,1-3H3. The van der Waals surface area contributed by atoms with Crippen LogP contribution in [-0.4, -0.2) is 18.8 Å². The minimum Gasteiger partial charge on any atom is -0.223 e. The molecular formula is C49H38S. The fourth-order valence-corrected chi connectivity index (χ4v) is 8.75. The van der Waals surface area contributed by atoms with Gasteiger partial charge in [0, 0.05) is 0 Å². The molecule has 0 nitrogen and oxygen atoms in total. The molecule has 0 fully saturated rings. The average molecular weight is 659 g/mol. The Morgan fingerprint density at radius 3 is 1.22 bits per heavy atom. The fraction of sp³-hybridized carbons (Fsp3) is 0.0612. The molecule has 0 N–H and O–H groups in total. The molecule has 50 heavy (non-hydrogen) atoms. The number of rotatable bonds is 5. The zero-order valence-electron chi connectivity index (χ0n) is 28.7. The molecule has 0 atom stereocenters. The highest BCUT2D eigenvalue weighted by molar-refractivity contribution is 8.32. The summed E-state index contributed by atoms with van der Waals surface area (Å²) in [5, 5.41) is 10.2. The van der Waals surface area contributed by atoms with Gasteiger partial charge in [0.2, 0.25) is 0 Å². The summed E-state index contributed by atoms with van der Waals surface area (Å²) in [4.78, 5) is 1.42. The highest BCUT2D eigenvalue weighted by Gasteiger charge is 2.20. The Morgan fingerprint density at radius 1 is 0.300 bits per heavy atom. The van der Waals surface area contributed by atoms with Gasteiger partial charge in [-0.15, -0.1) is 0 Å². The summed E-state index contributed by atoms with van der Waals surface area (Å²) in [6.45, 7) is 0. The van der Waals surface area contributed by atoms with Crippen molar-refractivity contribution in [2.45, 2.75) is 4.90 Å². The molecule has 0 saturated heterocycles. The van der Waals surface area contributed by atoms with Crippen molar-refractivity contribution in [1.82, 2.24) is 0 Å². The molecule has 0 amide bonds. The van der Waals surface area contributed by atoms with Crippen molar-refractivity contribution in [3.63, 3.8) is 0 Å². The molecule has 0 radical (unpaired) electrons. The molecule has 0 aromatic heterocycles. The Balaban J connectivity index is 1.33. The van der Waals surface area contributed by atoms with E-state index in [4.69, 9.17) is 0 Å². The van der Waals surface area contributed by atoms with Gasteiger partial charge in [0.25, 0.3) is 0 Å². The van der Waals surface area contributed by atoms with Crippen molar-refractivity contribution in [3.05, 3.63) is 176 Å². The summed E-state index contributed by atoms with van der Waals surface area (Å²) in [6.07, 6.45) is 7.18. The maximum atomic E-state index is 2.50. The third kappa shape index (κ3) is 5.18. The first-order valence-electron chi connectivity index (χ1n) is 17.3. The minimum atomic E-state index is -0.963. The van der Waals surface area contributed by atoms with Crippen molar-refractivity contribution in [2.75, 3.05) is 18.8 Å². The molecule has 0 bridgehead atoms. The van der Waals surface area contributed by atoms with Crippen LogP contribution in [0.25, 0.3) is 87.6 Å². The van der Waals surface area contributed by atoms with Crippen molar-refractivity contribution >= 4 is 53.1 Å².